The number of nitrogens with zero attached hydrogens (tertiary/aromatic N) is 1. The van der Waals surface area contributed by atoms with Gasteiger partial charge in [0.25, 0.3) is 0 Å². The molecule has 1 aromatic heterocycles. The number of nitrogens with one attached hydrogen (secondary N) is 2. The summed E-state index contributed by atoms with van der Waals surface area (Å²) < 4.78 is 1.79. The summed E-state index contributed by atoms with van der Waals surface area (Å²) in [6.07, 6.45) is 0. The van der Waals surface area contributed by atoms with Crippen LogP contribution >= 0.6 is 0 Å². The maximum Gasteiger partial charge on any atom is 0.326 e. The number of hydrogen-bond acceptors (Lipinski definition) is 2. The van der Waals surface area contributed by atoms with Crippen molar-refractivity contribution in [2.45, 2.75) is 26.3 Å². The number of H-pyrrole nitrogens is 1. The van der Waals surface area contributed by atoms with Crippen LogP contribution in [-0.4, -0.2) is 9.55 Å². The number of para-hydroxylation sites is 1. The molecule has 4 heteroatoms. The maximum atomic E-state index is 12.1. The van der Waals surface area contributed by atoms with Crippen LogP contribution in [0.15, 0.2) is 53.3 Å². The van der Waals surface area contributed by atoms with Crippen LogP contribution in [0, 0.1) is 0 Å². The van der Waals surface area contributed by atoms with Gasteiger partial charge >= 0.3 is 5.69 Å². The van der Waals surface area contributed by atoms with Gasteiger partial charge in [-0.1, -0.05) is 18.2 Å². The molecule has 0 saturated heterocycles. The van der Waals surface area contributed by atoms with E-state index in [1.807, 2.05) is 69.3 Å². The molecule has 21 heavy (non-hydrogen) atoms. The third-order valence-electron chi connectivity index (χ3n) is 3.42. The van der Waals surface area contributed by atoms with Crippen LogP contribution < -0.4 is 11.0 Å². The second-order valence-corrected chi connectivity index (χ2v) is 6.16. The predicted octanol–water partition coefficient (Wildman–Crippen LogP) is 3.83. The van der Waals surface area contributed by atoms with Gasteiger partial charge in [-0.05, 0) is 51.1 Å². The normalized spacial score (nSPS) is 11.8. The summed E-state index contributed by atoms with van der Waals surface area (Å²) in [7, 11) is 0. The summed E-state index contributed by atoms with van der Waals surface area (Å²) in [6, 6.07) is 15.9. The number of benzene rings is 2. The number of aromatic amines is 1. The fraction of sp³-hybridized carbons (Fsp3) is 0.235. The van der Waals surface area contributed by atoms with E-state index in [0.717, 1.165) is 22.4 Å². The summed E-state index contributed by atoms with van der Waals surface area (Å²) >= 11 is 0. The highest BCUT2D eigenvalue weighted by Crippen LogP contribution is 2.23. The number of fused-ring (bicyclic) bond motifs is 1. The minimum atomic E-state index is -0.246. The lowest BCUT2D eigenvalue weighted by Gasteiger charge is -2.20. The summed E-state index contributed by atoms with van der Waals surface area (Å²) in [5, 5.41) is 3.33. The Balaban J connectivity index is 2.04. The number of rotatable bonds is 2. The smallest absolute Gasteiger partial charge is 0.326 e. The van der Waals surface area contributed by atoms with E-state index in [2.05, 4.69) is 10.3 Å². The average molecular weight is 281 g/mol. The third-order valence-corrected chi connectivity index (χ3v) is 3.42. The van der Waals surface area contributed by atoms with Crippen molar-refractivity contribution in [1.82, 2.24) is 9.55 Å². The van der Waals surface area contributed by atoms with Crippen molar-refractivity contribution in [3.8, 4) is 0 Å². The molecule has 3 aromatic rings. The van der Waals surface area contributed by atoms with Crippen LogP contribution in [0.4, 0.5) is 11.4 Å². The minimum Gasteiger partial charge on any atom is -0.355 e. The molecule has 0 aliphatic carbocycles. The highest BCUT2D eigenvalue weighted by Gasteiger charge is 2.19. The van der Waals surface area contributed by atoms with Crippen molar-refractivity contribution < 1.29 is 0 Å². The van der Waals surface area contributed by atoms with Gasteiger partial charge in [0.15, 0.2) is 0 Å². The van der Waals surface area contributed by atoms with Gasteiger partial charge in [0.1, 0.15) is 0 Å². The standard InChI is InChI=1S/C17H19N3O/c1-17(2,3)20-15-10-9-13(11-14(15)19-16(20)21)18-12-7-5-4-6-8-12/h4-11,18H,1-3H3,(H,19,21). The van der Waals surface area contributed by atoms with Crippen LogP contribution in [0.5, 0.6) is 0 Å². The highest BCUT2D eigenvalue weighted by atomic mass is 16.1. The molecule has 1 heterocycles. The van der Waals surface area contributed by atoms with Gasteiger partial charge in [0.05, 0.1) is 11.0 Å². The molecule has 2 aromatic carbocycles. The van der Waals surface area contributed by atoms with Crippen molar-refractivity contribution in [3.05, 3.63) is 59.0 Å². The molecule has 0 radical (unpaired) electrons. The molecule has 0 unspecified atom stereocenters. The Morgan fingerprint density at radius 2 is 1.71 bits per heavy atom. The van der Waals surface area contributed by atoms with Gasteiger partial charge in [-0.25, -0.2) is 4.79 Å². The SMILES string of the molecule is CC(C)(C)n1c(=O)[nH]c2cc(Nc3ccccc3)ccc21. The first-order valence-corrected chi connectivity index (χ1v) is 7.02. The molecule has 0 aliphatic heterocycles. The molecule has 4 nitrogen and oxygen atoms in total. The first-order valence-electron chi connectivity index (χ1n) is 7.02. The fourth-order valence-corrected chi connectivity index (χ4v) is 2.54. The van der Waals surface area contributed by atoms with E-state index in [1.165, 1.54) is 0 Å². The Labute approximate surface area is 123 Å². The molecule has 0 atom stereocenters. The van der Waals surface area contributed by atoms with Crippen LogP contribution in [0.25, 0.3) is 11.0 Å². The van der Waals surface area contributed by atoms with Crippen LogP contribution in [-0.2, 0) is 5.54 Å². The maximum absolute atomic E-state index is 12.1. The Bertz CT molecular complexity index is 823. The molecule has 0 spiro atoms. The molecule has 108 valence electrons. The molecule has 3 rings (SSSR count). The molecular formula is C17H19N3O. The van der Waals surface area contributed by atoms with Crippen molar-refractivity contribution in [2.75, 3.05) is 5.32 Å². The zero-order chi connectivity index (χ0) is 15.0. The molecule has 2 N–H and O–H groups in total. The number of anilines is 2. The Kier molecular flexibility index (Phi) is 3.09. The van der Waals surface area contributed by atoms with E-state index in [0.29, 0.717) is 0 Å². The summed E-state index contributed by atoms with van der Waals surface area (Å²) in [6.45, 7) is 6.08. The largest absolute Gasteiger partial charge is 0.355 e. The summed E-state index contributed by atoms with van der Waals surface area (Å²) in [5.41, 5.74) is 3.42. The van der Waals surface area contributed by atoms with E-state index in [4.69, 9.17) is 0 Å². The van der Waals surface area contributed by atoms with Gasteiger partial charge in [0, 0.05) is 16.9 Å². The first kappa shape index (κ1) is 13.5. The zero-order valence-corrected chi connectivity index (χ0v) is 12.5. The Morgan fingerprint density at radius 3 is 2.38 bits per heavy atom. The van der Waals surface area contributed by atoms with Crippen molar-refractivity contribution in [1.29, 1.82) is 0 Å². The van der Waals surface area contributed by atoms with Crippen LogP contribution in [0.2, 0.25) is 0 Å². The highest BCUT2D eigenvalue weighted by molar-refractivity contribution is 5.81. The molecule has 0 bridgehead atoms. The van der Waals surface area contributed by atoms with E-state index < -0.39 is 0 Å². The second kappa shape index (κ2) is 4.81. The zero-order valence-electron chi connectivity index (χ0n) is 12.5. The van der Waals surface area contributed by atoms with Gasteiger partial charge in [-0.15, -0.1) is 0 Å². The molecule has 0 fully saturated rings. The third kappa shape index (κ3) is 2.57. The lowest BCUT2D eigenvalue weighted by atomic mass is 10.1. The predicted molar refractivity (Wildman–Crippen MR) is 87.3 cm³/mol. The summed E-state index contributed by atoms with van der Waals surface area (Å²) in [4.78, 5) is 15.1. The second-order valence-electron chi connectivity index (χ2n) is 6.16. The van der Waals surface area contributed by atoms with Gasteiger partial charge in [-0.3, -0.25) is 4.57 Å². The Morgan fingerprint density at radius 1 is 1.00 bits per heavy atom. The molecule has 0 aliphatic rings. The van der Waals surface area contributed by atoms with E-state index in [9.17, 15) is 4.79 Å². The summed E-state index contributed by atoms with van der Waals surface area (Å²) in [5.74, 6) is 0. The Hall–Kier alpha value is -2.49. The van der Waals surface area contributed by atoms with Crippen LogP contribution in [0.1, 0.15) is 20.8 Å². The van der Waals surface area contributed by atoms with Gasteiger partial charge < -0.3 is 10.3 Å². The van der Waals surface area contributed by atoms with E-state index in [-0.39, 0.29) is 11.2 Å². The quantitative estimate of drug-likeness (QED) is 0.750. The van der Waals surface area contributed by atoms with Gasteiger partial charge in [-0.2, -0.15) is 0 Å². The lowest BCUT2D eigenvalue weighted by molar-refractivity contribution is 0.397. The monoisotopic (exact) mass is 281 g/mol. The number of hydrogen-bond donors (Lipinski definition) is 2. The van der Waals surface area contributed by atoms with Crippen molar-refractivity contribution >= 4 is 22.4 Å². The van der Waals surface area contributed by atoms with Crippen LogP contribution in [0.3, 0.4) is 0 Å². The number of imidazole rings is 1. The number of aromatic nitrogens is 2. The first-order chi connectivity index (χ1) is 9.95. The molecule has 0 saturated carbocycles. The van der Waals surface area contributed by atoms with Crippen molar-refractivity contribution in [2.24, 2.45) is 0 Å². The van der Waals surface area contributed by atoms with E-state index in [1.54, 1.807) is 4.57 Å². The minimum absolute atomic E-state index is 0.0747. The topological polar surface area (TPSA) is 49.8 Å². The molecular weight excluding hydrogens is 262 g/mol. The van der Waals surface area contributed by atoms with Crippen molar-refractivity contribution in [3.63, 3.8) is 0 Å². The average Bonchev–Trinajstić information content (AvgIpc) is 2.74. The lowest BCUT2D eigenvalue weighted by Crippen LogP contribution is -2.31. The van der Waals surface area contributed by atoms with E-state index >= 15 is 0 Å². The molecule has 0 amide bonds. The fourth-order valence-electron chi connectivity index (χ4n) is 2.54. The van der Waals surface area contributed by atoms with Gasteiger partial charge in [0.2, 0.25) is 0 Å².